The molecule has 0 aromatic heterocycles. The van der Waals surface area contributed by atoms with Crippen LogP contribution in [-0.2, 0) is 0 Å². The van der Waals surface area contributed by atoms with Crippen LogP contribution < -0.4 is 11.0 Å². The molecule has 0 unspecified atom stereocenters. The topological polar surface area (TPSA) is 88.0 Å². The van der Waals surface area contributed by atoms with Crippen LogP contribution in [0.5, 0.6) is 0 Å². The van der Waals surface area contributed by atoms with Crippen molar-refractivity contribution in [3.05, 3.63) is 0 Å². The van der Waals surface area contributed by atoms with Crippen molar-refractivity contribution in [3.8, 4) is 0 Å². The first-order chi connectivity index (χ1) is 5.17. The van der Waals surface area contributed by atoms with E-state index in [-0.39, 0.29) is 0 Å². The fourth-order valence-corrected chi connectivity index (χ4v) is 0.887. The molecule has 1 aliphatic heterocycles. The van der Waals surface area contributed by atoms with E-state index in [9.17, 15) is 0 Å². The lowest BCUT2D eigenvalue weighted by Gasteiger charge is -2.36. The molecule has 1 rings (SSSR count). The van der Waals surface area contributed by atoms with Crippen molar-refractivity contribution in [2.75, 3.05) is 19.7 Å². The Morgan fingerprint density at radius 3 is 2.64 bits per heavy atom. The highest BCUT2D eigenvalue weighted by atomic mass is 16.6. The molecule has 0 atom stereocenters. The van der Waals surface area contributed by atoms with E-state index in [0.717, 1.165) is 18.0 Å². The quantitative estimate of drug-likeness (QED) is 0.285. The van der Waals surface area contributed by atoms with Crippen LogP contribution in [-0.4, -0.2) is 45.9 Å². The number of hydrogen-bond donors (Lipinski definition) is 5. The normalized spacial score (nSPS) is 22.1. The molecule has 6 nitrogen and oxygen atoms in total. The number of aliphatic hydroxyl groups excluding tert-OH is 1. The molecule has 0 saturated carbocycles. The van der Waals surface area contributed by atoms with Crippen molar-refractivity contribution in [3.63, 3.8) is 0 Å². The molecule has 0 aromatic rings. The number of rotatable bonds is 2. The average Bonchev–Trinajstić information content (AvgIpc) is 2.06. The van der Waals surface area contributed by atoms with Crippen molar-refractivity contribution >= 4 is 0 Å². The van der Waals surface area contributed by atoms with Gasteiger partial charge in [0.15, 0.2) is 0 Å². The van der Waals surface area contributed by atoms with Crippen molar-refractivity contribution < 1.29 is 15.3 Å². The predicted octanol–water partition coefficient (Wildman–Crippen LogP) is -2.67. The number of hydrazine groups is 2. The standard InChI is InChI=1S/C5H13N3O3/c9-4-5(10,11)8-3-1-2-6-7-8/h6-7,9-11H,1-4H2. The van der Waals surface area contributed by atoms with E-state index < -0.39 is 12.5 Å². The fraction of sp³-hybridized carbons (Fsp3) is 1.00. The average molecular weight is 163 g/mol. The highest BCUT2D eigenvalue weighted by molar-refractivity contribution is 4.65. The lowest BCUT2D eigenvalue weighted by atomic mass is 10.3. The summed E-state index contributed by atoms with van der Waals surface area (Å²) in [7, 11) is 0. The zero-order valence-electron chi connectivity index (χ0n) is 6.12. The molecule has 5 N–H and O–H groups in total. The van der Waals surface area contributed by atoms with Gasteiger partial charge in [0.25, 0.3) is 5.91 Å². The van der Waals surface area contributed by atoms with Crippen molar-refractivity contribution in [1.29, 1.82) is 0 Å². The number of nitrogens with zero attached hydrogens (tertiary/aromatic N) is 1. The molecule has 6 heteroatoms. The van der Waals surface area contributed by atoms with E-state index in [1.165, 1.54) is 0 Å². The molecule has 0 radical (unpaired) electrons. The highest BCUT2D eigenvalue weighted by Gasteiger charge is 2.31. The fourth-order valence-electron chi connectivity index (χ4n) is 0.887. The zero-order valence-corrected chi connectivity index (χ0v) is 6.12. The van der Waals surface area contributed by atoms with E-state index in [0.29, 0.717) is 6.54 Å². The summed E-state index contributed by atoms with van der Waals surface area (Å²) < 4.78 is 0. The SMILES string of the molecule is OCC(O)(O)N1CCCNN1. The minimum Gasteiger partial charge on any atom is -0.389 e. The van der Waals surface area contributed by atoms with Gasteiger partial charge in [-0.25, -0.2) is 5.43 Å². The van der Waals surface area contributed by atoms with Gasteiger partial charge in [-0.3, -0.25) is 0 Å². The van der Waals surface area contributed by atoms with Gasteiger partial charge >= 0.3 is 0 Å². The third kappa shape index (κ3) is 2.09. The van der Waals surface area contributed by atoms with Crippen molar-refractivity contribution in [1.82, 2.24) is 16.0 Å². The Labute approximate surface area is 64.4 Å². The third-order valence-electron chi connectivity index (χ3n) is 1.54. The Morgan fingerprint density at radius 1 is 1.45 bits per heavy atom. The van der Waals surface area contributed by atoms with E-state index in [1.54, 1.807) is 0 Å². The summed E-state index contributed by atoms with van der Waals surface area (Å²) in [6.07, 6.45) is 0.801. The van der Waals surface area contributed by atoms with Gasteiger partial charge in [0, 0.05) is 13.1 Å². The Morgan fingerprint density at radius 2 is 2.18 bits per heavy atom. The summed E-state index contributed by atoms with van der Waals surface area (Å²) in [6, 6.07) is 0. The van der Waals surface area contributed by atoms with Gasteiger partial charge in [-0.05, 0) is 6.42 Å². The molecule has 0 bridgehead atoms. The van der Waals surface area contributed by atoms with Crippen molar-refractivity contribution in [2.45, 2.75) is 12.3 Å². The number of hydrogen-bond acceptors (Lipinski definition) is 6. The maximum Gasteiger partial charge on any atom is 0.263 e. The summed E-state index contributed by atoms with van der Waals surface area (Å²) in [5.41, 5.74) is 5.25. The summed E-state index contributed by atoms with van der Waals surface area (Å²) in [4.78, 5) is 0. The van der Waals surface area contributed by atoms with E-state index in [4.69, 9.17) is 15.3 Å². The first-order valence-corrected chi connectivity index (χ1v) is 3.48. The third-order valence-corrected chi connectivity index (χ3v) is 1.54. The molecule has 66 valence electrons. The Hall–Kier alpha value is -0.240. The van der Waals surface area contributed by atoms with Crippen molar-refractivity contribution in [2.24, 2.45) is 0 Å². The molecule has 0 amide bonds. The molecule has 1 heterocycles. The first kappa shape index (κ1) is 8.85. The van der Waals surface area contributed by atoms with Gasteiger partial charge in [-0.2, -0.15) is 10.5 Å². The van der Waals surface area contributed by atoms with E-state index in [2.05, 4.69) is 11.0 Å². The van der Waals surface area contributed by atoms with Gasteiger partial charge in [-0.15, -0.1) is 0 Å². The first-order valence-electron chi connectivity index (χ1n) is 3.48. The van der Waals surface area contributed by atoms with Crippen LogP contribution in [0.2, 0.25) is 0 Å². The number of aliphatic hydroxyl groups is 3. The largest absolute Gasteiger partial charge is 0.389 e. The lowest BCUT2D eigenvalue weighted by molar-refractivity contribution is -0.304. The van der Waals surface area contributed by atoms with Gasteiger partial charge < -0.3 is 15.3 Å². The van der Waals surface area contributed by atoms with Crippen LogP contribution in [0.3, 0.4) is 0 Å². The molecule has 0 spiro atoms. The molecule has 0 aliphatic carbocycles. The maximum atomic E-state index is 9.08. The second kappa shape index (κ2) is 3.44. The predicted molar refractivity (Wildman–Crippen MR) is 36.7 cm³/mol. The Balaban J connectivity index is 2.43. The van der Waals surface area contributed by atoms with Crippen LogP contribution in [0, 0.1) is 0 Å². The summed E-state index contributed by atoms with van der Waals surface area (Å²) in [6.45, 7) is 0.542. The van der Waals surface area contributed by atoms with Crippen LogP contribution >= 0.6 is 0 Å². The van der Waals surface area contributed by atoms with Crippen LogP contribution in [0.15, 0.2) is 0 Å². The van der Waals surface area contributed by atoms with Gasteiger partial charge in [-0.1, -0.05) is 0 Å². The van der Waals surface area contributed by atoms with Gasteiger partial charge in [0.2, 0.25) is 0 Å². The molecule has 1 saturated heterocycles. The molecule has 1 fully saturated rings. The Bertz CT molecular complexity index is 124. The summed E-state index contributed by atoms with van der Waals surface area (Å²) in [5, 5.41) is 27.8. The van der Waals surface area contributed by atoms with Crippen LogP contribution in [0.4, 0.5) is 0 Å². The lowest BCUT2D eigenvalue weighted by Crippen LogP contribution is -2.64. The summed E-state index contributed by atoms with van der Waals surface area (Å²) in [5.74, 6) is -2.17. The van der Waals surface area contributed by atoms with E-state index in [1.807, 2.05) is 0 Å². The zero-order chi connectivity index (χ0) is 8.32. The van der Waals surface area contributed by atoms with Gasteiger partial charge in [0.05, 0.1) is 0 Å². The Kier molecular flexibility index (Phi) is 2.77. The molecular formula is C5H13N3O3. The highest BCUT2D eigenvalue weighted by Crippen LogP contribution is 2.05. The van der Waals surface area contributed by atoms with Crippen LogP contribution in [0.25, 0.3) is 0 Å². The van der Waals surface area contributed by atoms with Crippen LogP contribution in [0.1, 0.15) is 6.42 Å². The molecule has 11 heavy (non-hydrogen) atoms. The minimum absolute atomic E-state index is 0.487. The molecular weight excluding hydrogens is 150 g/mol. The molecule has 0 aromatic carbocycles. The smallest absolute Gasteiger partial charge is 0.263 e. The van der Waals surface area contributed by atoms with E-state index >= 15 is 0 Å². The molecule has 1 aliphatic rings. The number of nitrogens with one attached hydrogen (secondary N) is 2. The van der Waals surface area contributed by atoms with Gasteiger partial charge in [0.1, 0.15) is 6.61 Å². The maximum absolute atomic E-state index is 9.08. The second-order valence-electron chi connectivity index (χ2n) is 2.48. The second-order valence-corrected chi connectivity index (χ2v) is 2.48. The summed E-state index contributed by atoms with van der Waals surface area (Å²) >= 11 is 0. The minimum atomic E-state index is -2.17. The monoisotopic (exact) mass is 163 g/mol.